The molecule has 0 fully saturated rings. The van der Waals surface area contributed by atoms with Gasteiger partial charge in [-0.3, -0.25) is 14.2 Å². The monoisotopic (exact) mass is 452 g/mol. The van der Waals surface area contributed by atoms with E-state index < -0.39 is 44.4 Å². The molecule has 31 heavy (non-hydrogen) atoms. The van der Waals surface area contributed by atoms with Crippen molar-refractivity contribution in [1.82, 2.24) is 18.2 Å². The van der Waals surface area contributed by atoms with Gasteiger partial charge in [-0.25, -0.2) is 9.37 Å². The average molecular weight is 453 g/mol. The van der Waals surface area contributed by atoms with Gasteiger partial charge in [-0.2, -0.15) is 17.0 Å². The van der Waals surface area contributed by atoms with Crippen LogP contribution in [-0.2, 0) is 28.7 Å². The van der Waals surface area contributed by atoms with E-state index in [0.717, 1.165) is 4.31 Å². The van der Waals surface area contributed by atoms with Gasteiger partial charge in [0.1, 0.15) is 11.6 Å². The number of aromatic hydroxyl groups is 1. The van der Waals surface area contributed by atoms with Gasteiger partial charge in [0.05, 0.1) is 5.54 Å². The normalized spacial score (nSPS) is 16.3. The van der Waals surface area contributed by atoms with Crippen molar-refractivity contribution in [1.29, 1.82) is 0 Å². The van der Waals surface area contributed by atoms with Crippen LogP contribution < -0.4 is 5.56 Å². The highest BCUT2D eigenvalue weighted by molar-refractivity contribution is 7.86. The largest absolute Gasteiger partial charge is 0.501 e. The van der Waals surface area contributed by atoms with E-state index in [4.69, 9.17) is 0 Å². The predicted molar refractivity (Wildman–Crippen MR) is 112 cm³/mol. The van der Waals surface area contributed by atoms with Crippen molar-refractivity contribution < 1.29 is 22.7 Å². The standard InChI is InChI=1S/C20H25FN4O5S/c1-20(2)19-22-16(15(26)10-7-13-5-8-14(21)9-6-13)17(27)18(28)24(19)11-12-25(20)31(29,30)23(3)4/h5-6,8-9,27H,7,10-12H2,1-4H3. The number of halogens is 1. The van der Waals surface area contributed by atoms with Crippen LogP contribution >= 0.6 is 0 Å². The van der Waals surface area contributed by atoms with E-state index >= 15 is 0 Å². The summed E-state index contributed by atoms with van der Waals surface area (Å²) in [6.45, 7) is 3.19. The molecule has 1 aliphatic rings. The molecule has 0 spiro atoms. The molecular weight excluding hydrogens is 427 g/mol. The first kappa shape index (κ1) is 23.0. The fourth-order valence-electron chi connectivity index (χ4n) is 3.62. The topological polar surface area (TPSA) is 113 Å². The first-order chi connectivity index (χ1) is 14.4. The highest BCUT2D eigenvalue weighted by Crippen LogP contribution is 2.33. The second-order valence-electron chi connectivity index (χ2n) is 8.06. The van der Waals surface area contributed by atoms with Crippen molar-refractivity contribution in [3.63, 3.8) is 0 Å². The summed E-state index contributed by atoms with van der Waals surface area (Å²) >= 11 is 0. The van der Waals surface area contributed by atoms with Crippen molar-refractivity contribution in [2.45, 2.75) is 38.8 Å². The van der Waals surface area contributed by atoms with Crippen LogP contribution in [-0.4, -0.2) is 58.1 Å². The first-order valence-electron chi connectivity index (χ1n) is 9.69. The Morgan fingerprint density at radius 3 is 2.42 bits per heavy atom. The summed E-state index contributed by atoms with van der Waals surface area (Å²) in [5.41, 5.74) is -1.70. The van der Waals surface area contributed by atoms with Crippen LogP contribution in [0.1, 0.15) is 42.1 Å². The third-order valence-electron chi connectivity index (χ3n) is 5.40. The minimum absolute atomic E-state index is 0.00469. The van der Waals surface area contributed by atoms with Gasteiger partial charge in [0.2, 0.25) is 5.75 Å². The van der Waals surface area contributed by atoms with Gasteiger partial charge in [0.25, 0.3) is 15.8 Å². The third-order valence-corrected chi connectivity index (χ3v) is 7.52. The Hall–Kier alpha value is -2.63. The zero-order chi connectivity index (χ0) is 23.1. The summed E-state index contributed by atoms with van der Waals surface area (Å²) in [4.78, 5) is 29.7. The molecule has 0 saturated heterocycles. The van der Waals surface area contributed by atoms with Gasteiger partial charge in [-0.15, -0.1) is 0 Å². The van der Waals surface area contributed by atoms with Crippen LogP contribution in [0.4, 0.5) is 4.39 Å². The predicted octanol–water partition coefficient (Wildman–Crippen LogP) is 1.26. The van der Waals surface area contributed by atoms with Crippen LogP contribution in [0.3, 0.4) is 0 Å². The van der Waals surface area contributed by atoms with Crippen LogP contribution in [0.25, 0.3) is 0 Å². The second-order valence-corrected chi connectivity index (χ2v) is 10.1. The smallest absolute Gasteiger partial charge is 0.296 e. The van der Waals surface area contributed by atoms with Gasteiger partial charge < -0.3 is 5.11 Å². The Balaban J connectivity index is 1.98. The molecule has 168 valence electrons. The molecule has 0 radical (unpaired) electrons. The molecule has 9 nitrogen and oxygen atoms in total. The Morgan fingerprint density at radius 1 is 1.23 bits per heavy atom. The van der Waals surface area contributed by atoms with Crippen molar-refractivity contribution in [2.75, 3.05) is 20.6 Å². The minimum Gasteiger partial charge on any atom is -0.501 e. The Morgan fingerprint density at radius 2 is 1.84 bits per heavy atom. The third kappa shape index (κ3) is 4.12. The molecule has 0 amide bonds. The lowest BCUT2D eigenvalue weighted by atomic mass is 10.0. The van der Waals surface area contributed by atoms with Gasteiger partial charge in [0, 0.05) is 33.6 Å². The number of Topliss-reactive ketones (excluding diaryl/α,β-unsaturated/α-hetero) is 1. The van der Waals surface area contributed by atoms with Crippen LogP contribution in [0.2, 0.25) is 0 Å². The van der Waals surface area contributed by atoms with E-state index in [1.807, 2.05) is 0 Å². The quantitative estimate of drug-likeness (QED) is 0.661. The average Bonchev–Trinajstić information content (AvgIpc) is 2.69. The summed E-state index contributed by atoms with van der Waals surface area (Å²) in [6.07, 6.45) is 0.207. The number of ketones is 1. The molecule has 1 aromatic heterocycles. The number of carbonyl (C=O) groups excluding carboxylic acids is 1. The summed E-state index contributed by atoms with van der Waals surface area (Å²) in [5, 5.41) is 10.3. The van der Waals surface area contributed by atoms with E-state index in [1.54, 1.807) is 26.0 Å². The summed E-state index contributed by atoms with van der Waals surface area (Å²) in [5.74, 6) is -1.63. The van der Waals surface area contributed by atoms with Gasteiger partial charge >= 0.3 is 0 Å². The van der Waals surface area contributed by atoms with Crippen molar-refractivity contribution in [3.8, 4) is 5.75 Å². The Bertz CT molecular complexity index is 1170. The molecule has 1 N–H and O–H groups in total. The number of hydrogen-bond donors (Lipinski definition) is 1. The lowest BCUT2D eigenvalue weighted by Gasteiger charge is -2.42. The number of hydrogen-bond acceptors (Lipinski definition) is 6. The molecule has 11 heteroatoms. The number of nitrogens with zero attached hydrogens (tertiary/aromatic N) is 4. The van der Waals surface area contributed by atoms with Gasteiger partial charge in [-0.1, -0.05) is 12.1 Å². The fraction of sp³-hybridized carbons (Fsp3) is 0.450. The molecule has 2 heterocycles. The van der Waals surface area contributed by atoms with Crippen molar-refractivity contribution in [3.05, 3.63) is 57.5 Å². The van der Waals surface area contributed by atoms with E-state index in [1.165, 1.54) is 35.1 Å². The number of carbonyl (C=O) groups is 1. The molecule has 0 unspecified atom stereocenters. The number of benzene rings is 1. The zero-order valence-electron chi connectivity index (χ0n) is 17.8. The lowest BCUT2D eigenvalue weighted by Crippen LogP contribution is -2.57. The van der Waals surface area contributed by atoms with Crippen LogP contribution in [0, 0.1) is 5.82 Å². The van der Waals surface area contributed by atoms with E-state index in [-0.39, 0.29) is 31.8 Å². The summed E-state index contributed by atoms with van der Waals surface area (Å²) in [6, 6.07) is 5.65. The summed E-state index contributed by atoms with van der Waals surface area (Å²) in [7, 11) is -1.01. The van der Waals surface area contributed by atoms with E-state index in [9.17, 15) is 27.5 Å². The summed E-state index contributed by atoms with van der Waals surface area (Å²) < 4.78 is 42.0. The molecule has 1 aliphatic heterocycles. The zero-order valence-corrected chi connectivity index (χ0v) is 18.6. The highest BCUT2D eigenvalue weighted by atomic mass is 32.2. The number of fused-ring (bicyclic) bond motifs is 1. The molecule has 0 saturated carbocycles. The van der Waals surface area contributed by atoms with E-state index in [0.29, 0.717) is 5.56 Å². The van der Waals surface area contributed by atoms with Crippen LogP contribution in [0.5, 0.6) is 5.75 Å². The molecule has 1 aromatic carbocycles. The molecular formula is C20H25FN4O5S. The maximum Gasteiger partial charge on any atom is 0.296 e. The minimum atomic E-state index is -3.82. The fourth-order valence-corrected chi connectivity index (χ4v) is 4.99. The molecule has 0 aliphatic carbocycles. The molecule has 0 atom stereocenters. The van der Waals surface area contributed by atoms with Gasteiger partial charge in [-0.05, 0) is 38.0 Å². The second kappa shape index (κ2) is 8.13. The Labute approximate surface area is 179 Å². The van der Waals surface area contributed by atoms with Gasteiger partial charge in [0.15, 0.2) is 11.5 Å². The molecule has 3 rings (SSSR count). The maximum absolute atomic E-state index is 13.0. The number of rotatable bonds is 6. The SMILES string of the molecule is CN(C)S(=O)(=O)N1CCn2c(nc(C(=O)CCc3ccc(F)cc3)c(O)c2=O)C1(C)C. The lowest BCUT2D eigenvalue weighted by molar-refractivity contribution is 0.0970. The van der Waals surface area contributed by atoms with Crippen LogP contribution in [0.15, 0.2) is 29.1 Å². The van der Waals surface area contributed by atoms with Crippen molar-refractivity contribution >= 4 is 16.0 Å². The van der Waals surface area contributed by atoms with E-state index in [2.05, 4.69) is 4.98 Å². The number of aromatic nitrogens is 2. The van der Waals surface area contributed by atoms with Crippen molar-refractivity contribution in [2.24, 2.45) is 0 Å². The highest BCUT2D eigenvalue weighted by Gasteiger charge is 2.45. The first-order valence-corrected chi connectivity index (χ1v) is 11.1. The Kier molecular flexibility index (Phi) is 6.05. The molecule has 0 bridgehead atoms. The molecule has 2 aromatic rings. The maximum atomic E-state index is 13.0. The number of aryl methyl sites for hydroxylation is 1.